The van der Waals surface area contributed by atoms with E-state index in [0.717, 1.165) is 11.1 Å². The molecule has 0 saturated carbocycles. The van der Waals surface area contributed by atoms with Crippen LogP contribution in [0, 0.1) is 6.92 Å². The predicted molar refractivity (Wildman–Crippen MR) is 78.8 cm³/mol. The molecule has 1 atom stereocenters. The van der Waals surface area contributed by atoms with E-state index in [0.29, 0.717) is 13.2 Å². The maximum Gasteiger partial charge on any atom is 0.309 e. The monoisotopic (exact) mass is 294 g/mol. The first-order chi connectivity index (χ1) is 10.1. The molecule has 0 aliphatic rings. The van der Waals surface area contributed by atoms with Gasteiger partial charge in [0.25, 0.3) is 0 Å². The Morgan fingerprint density at radius 1 is 1.14 bits per heavy atom. The second-order valence-corrected chi connectivity index (χ2v) is 4.54. The van der Waals surface area contributed by atoms with Gasteiger partial charge in [0.15, 0.2) is 0 Å². The third kappa shape index (κ3) is 5.53. The molecule has 21 heavy (non-hydrogen) atoms. The summed E-state index contributed by atoms with van der Waals surface area (Å²) >= 11 is 0. The molecule has 0 aliphatic carbocycles. The van der Waals surface area contributed by atoms with Crippen LogP contribution < -0.4 is 10.6 Å². The van der Waals surface area contributed by atoms with Crippen molar-refractivity contribution in [2.75, 3.05) is 33.9 Å². The average Bonchev–Trinajstić information content (AvgIpc) is 2.49. The first-order valence-corrected chi connectivity index (χ1v) is 6.73. The number of carbonyl (C=O) groups excluding carboxylic acids is 2. The van der Waals surface area contributed by atoms with Crippen LogP contribution in [0.15, 0.2) is 24.3 Å². The molecule has 2 amide bonds. The van der Waals surface area contributed by atoms with E-state index in [1.165, 1.54) is 7.11 Å². The molecular formula is C15H22N2O4. The van der Waals surface area contributed by atoms with Crippen LogP contribution in [0.3, 0.4) is 0 Å². The van der Waals surface area contributed by atoms with Gasteiger partial charge in [-0.2, -0.15) is 0 Å². The predicted octanol–water partition coefficient (Wildman–Crippen LogP) is 0.561. The number of hydrogen-bond acceptors (Lipinski definition) is 4. The van der Waals surface area contributed by atoms with E-state index in [4.69, 9.17) is 9.47 Å². The molecule has 6 heteroatoms. The van der Waals surface area contributed by atoms with E-state index in [9.17, 15) is 9.59 Å². The molecule has 6 nitrogen and oxygen atoms in total. The molecule has 0 aromatic heterocycles. The number of benzene rings is 1. The number of methoxy groups -OCH3 is 2. The van der Waals surface area contributed by atoms with Crippen molar-refractivity contribution >= 4 is 11.8 Å². The van der Waals surface area contributed by atoms with Crippen LogP contribution in [-0.4, -0.2) is 45.7 Å². The minimum Gasteiger partial charge on any atom is -0.383 e. The summed E-state index contributed by atoms with van der Waals surface area (Å²) in [5.74, 6) is -1.35. The second kappa shape index (κ2) is 9.10. The topological polar surface area (TPSA) is 76.7 Å². The molecule has 0 bridgehead atoms. The molecule has 0 aliphatic heterocycles. The molecule has 0 fully saturated rings. The van der Waals surface area contributed by atoms with Crippen molar-refractivity contribution in [2.24, 2.45) is 0 Å². The molecule has 1 aromatic rings. The van der Waals surface area contributed by atoms with Gasteiger partial charge in [0, 0.05) is 27.3 Å². The summed E-state index contributed by atoms with van der Waals surface area (Å²) in [5, 5.41) is 5.03. The highest BCUT2D eigenvalue weighted by atomic mass is 16.5. The van der Waals surface area contributed by atoms with Gasteiger partial charge in [-0.3, -0.25) is 9.59 Å². The normalized spacial score (nSPS) is 11.8. The van der Waals surface area contributed by atoms with Gasteiger partial charge in [-0.15, -0.1) is 0 Å². The summed E-state index contributed by atoms with van der Waals surface area (Å²) < 4.78 is 10.2. The fourth-order valence-corrected chi connectivity index (χ4v) is 1.88. The van der Waals surface area contributed by atoms with Gasteiger partial charge >= 0.3 is 11.8 Å². The quantitative estimate of drug-likeness (QED) is 0.569. The number of rotatable bonds is 7. The highest BCUT2D eigenvalue weighted by molar-refractivity contribution is 6.35. The lowest BCUT2D eigenvalue weighted by molar-refractivity contribution is -0.139. The fourth-order valence-electron chi connectivity index (χ4n) is 1.88. The van der Waals surface area contributed by atoms with E-state index in [1.54, 1.807) is 7.11 Å². The third-order valence-electron chi connectivity index (χ3n) is 3.07. The molecule has 1 rings (SSSR count). The van der Waals surface area contributed by atoms with E-state index in [1.807, 2.05) is 31.2 Å². The van der Waals surface area contributed by atoms with Crippen LogP contribution in [0.2, 0.25) is 0 Å². The van der Waals surface area contributed by atoms with Gasteiger partial charge in [0.2, 0.25) is 0 Å². The summed E-state index contributed by atoms with van der Waals surface area (Å²) in [4.78, 5) is 23.2. The second-order valence-electron chi connectivity index (χ2n) is 4.54. The van der Waals surface area contributed by atoms with E-state index in [-0.39, 0.29) is 12.6 Å². The zero-order valence-electron chi connectivity index (χ0n) is 12.6. The first-order valence-electron chi connectivity index (χ1n) is 6.73. The number of carbonyl (C=O) groups is 2. The van der Waals surface area contributed by atoms with Crippen molar-refractivity contribution in [1.82, 2.24) is 10.6 Å². The van der Waals surface area contributed by atoms with Crippen LogP contribution in [0.5, 0.6) is 0 Å². The SMILES string of the molecule is COCCNC(=O)C(=O)NCC(OC)c1ccccc1C. The minimum atomic E-state index is -0.679. The molecule has 1 unspecified atom stereocenters. The molecule has 0 heterocycles. The maximum absolute atomic E-state index is 11.7. The molecule has 0 radical (unpaired) electrons. The Labute approximate surface area is 124 Å². The number of amides is 2. The van der Waals surface area contributed by atoms with Gasteiger partial charge < -0.3 is 20.1 Å². The number of aryl methyl sites for hydroxylation is 1. The number of ether oxygens (including phenoxy) is 2. The van der Waals surface area contributed by atoms with Gasteiger partial charge in [0.05, 0.1) is 12.7 Å². The Morgan fingerprint density at radius 3 is 2.43 bits per heavy atom. The summed E-state index contributed by atoms with van der Waals surface area (Å²) in [6, 6.07) is 7.76. The van der Waals surface area contributed by atoms with Gasteiger partial charge in [-0.1, -0.05) is 24.3 Å². The zero-order chi connectivity index (χ0) is 15.7. The first kappa shape index (κ1) is 17.1. The lowest BCUT2D eigenvalue weighted by Gasteiger charge is -2.18. The number of hydrogen-bond donors (Lipinski definition) is 2. The van der Waals surface area contributed by atoms with Crippen molar-refractivity contribution in [3.05, 3.63) is 35.4 Å². The van der Waals surface area contributed by atoms with Crippen LogP contribution in [0.25, 0.3) is 0 Å². The molecule has 0 spiro atoms. The summed E-state index contributed by atoms with van der Waals surface area (Å²) in [6.45, 7) is 2.87. The summed E-state index contributed by atoms with van der Waals surface area (Å²) in [7, 11) is 3.10. The molecular weight excluding hydrogens is 272 g/mol. The Balaban J connectivity index is 2.50. The van der Waals surface area contributed by atoms with Crippen molar-refractivity contribution in [3.63, 3.8) is 0 Å². The standard InChI is InChI=1S/C15H22N2O4/c1-11-6-4-5-7-12(11)13(21-3)10-17-15(19)14(18)16-8-9-20-2/h4-7,13H,8-10H2,1-3H3,(H,16,18)(H,17,19). The smallest absolute Gasteiger partial charge is 0.309 e. The van der Waals surface area contributed by atoms with Crippen molar-refractivity contribution < 1.29 is 19.1 Å². The largest absolute Gasteiger partial charge is 0.383 e. The van der Waals surface area contributed by atoms with Crippen molar-refractivity contribution in [1.29, 1.82) is 0 Å². The Hall–Kier alpha value is -1.92. The average molecular weight is 294 g/mol. The Bertz CT molecular complexity index is 476. The van der Waals surface area contributed by atoms with Gasteiger partial charge in [0.1, 0.15) is 0 Å². The summed E-state index contributed by atoms with van der Waals surface area (Å²) in [6.07, 6.45) is -0.290. The molecule has 1 aromatic carbocycles. The van der Waals surface area contributed by atoms with Gasteiger partial charge in [-0.05, 0) is 18.1 Å². The highest BCUT2D eigenvalue weighted by Crippen LogP contribution is 2.19. The molecule has 2 N–H and O–H groups in total. The van der Waals surface area contributed by atoms with Crippen LogP contribution in [-0.2, 0) is 19.1 Å². The van der Waals surface area contributed by atoms with Gasteiger partial charge in [-0.25, -0.2) is 0 Å². The van der Waals surface area contributed by atoms with Crippen LogP contribution >= 0.6 is 0 Å². The van der Waals surface area contributed by atoms with Crippen molar-refractivity contribution in [3.8, 4) is 0 Å². The Kier molecular flexibility index (Phi) is 7.42. The maximum atomic E-state index is 11.7. The minimum absolute atomic E-state index is 0.234. The molecule has 0 saturated heterocycles. The third-order valence-corrected chi connectivity index (χ3v) is 3.07. The summed E-state index contributed by atoms with van der Waals surface area (Å²) in [5.41, 5.74) is 2.06. The van der Waals surface area contributed by atoms with E-state index >= 15 is 0 Å². The van der Waals surface area contributed by atoms with Crippen LogP contribution in [0.4, 0.5) is 0 Å². The zero-order valence-corrected chi connectivity index (χ0v) is 12.6. The van der Waals surface area contributed by atoms with E-state index in [2.05, 4.69) is 10.6 Å². The lowest BCUT2D eigenvalue weighted by Crippen LogP contribution is -2.42. The molecule has 116 valence electrons. The van der Waals surface area contributed by atoms with Crippen LogP contribution in [0.1, 0.15) is 17.2 Å². The highest BCUT2D eigenvalue weighted by Gasteiger charge is 2.17. The number of nitrogens with one attached hydrogen (secondary N) is 2. The van der Waals surface area contributed by atoms with E-state index < -0.39 is 11.8 Å². The van der Waals surface area contributed by atoms with Crippen molar-refractivity contribution in [2.45, 2.75) is 13.0 Å². The lowest BCUT2D eigenvalue weighted by atomic mass is 10.0. The fraction of sp³-hybridized carbons (Fsp3) is 0.467. The Morgan fingerprint density at radius 2 is 1.81 bits per heavy atom.